The highest BCUT2D eigenvalue weighted by Gasteiger charge is 2.32. The fraction of sp³-hybridized carbons (Fsp3) is 0.600. The molecule has 2 amide bonds. The van der Waals surface area contributed by atoms with Crippen LogP contribution >= 0.6 is 12.4 Å². The summed E-state index contributed by atoms with van der Waals surface area (Å²) in [7, 11) is 1.70. The first kappa shape index (κ1) is 22.5. The standard InChI is InChI=1S/C20H29N3O4.ClH/c1-26-15-20(8-10-21-11-9-20)14-22-18(24)13-27-17-6-4-16(5-7-17)23-12-2-3-19(23)25;/h4-7,21H,2-3,8-15H2,1H3,(H,22,24);1H. The first-order chi connectivity index (χ1) is 13.1. The van der Waals surface area contributed by atoms with Crippen LogP contribution in [0.3, 0.4) is 0 Å². The van der Waals surface area contributed by atoms with Crippen LogP contribution in [-0.2, 0) is 14.3 Å². The van der Waals surface area contributed by atoms with E-state index in [1.807, 2.05) is 12.1 Å². The van der Waals surface area contributed by atoms with E-state index in [1.165, 1.54) is 0 Å². The Morgan fingerprint density at radius 3 is 2.57 bits per heavy atom. The second-order valence-electron chi connectivity index (χ2n) is 7.39. The number of nitrogens with one attached hydrogen (secondary N) is 2. The van der Waals surface area contributed by atoms with E-state index in [0.29, 0.717) is 25.3 Å². The van der Waals surface area contributed by atoms with Gasteiger partial charge in [-0.1, -0.05) is 0 Å². The van der Waals surface area contributed by atoms with Crippen LogP contribution in [0.5, 0.6) is 5.75 Å². The Balaban J connectivity index is 0.00000280. The number of carbonyl (C=O) groups is 2. The Morgan fingerprint density at radius 1 is 1.25 bits per heavy atom. The van der Waals surface area contributed by atoms with Gasteiger partial charge in [0.15, 0.2) is 6.61 Å². The largest absolute Gasteiger partial charge is 0.484 e. The highest BCUT2D eigenvalue weighted by atomic mass is 35.5. The number of methoxy groups -OCH3 is 1. The van der Waals surface area contributed by atoms with Crippen molar-refractivity contribution in [3.05, 3.63) is 24.3 Å². The van der Waals surface area contributed by atoms with E-state index in [0.717, 1.165) is 44.6 Å². The zero-order valence-electron chi connectivity index (χ0n) is 16.4. The van der Waals surface area contributed by atoms with Gasteiger partial charge in [0.25, 0.3) is 5.91 Å². The van der Waals surface area contributed by atoms with E-state index in [2.05, 4.69) is 10.6 Å². The van der Waals surface area contributed by atoms with E-state index in [4.69, 9.17) is 9.47 Å². The molecule has 2 saturated heterocycles. The molecule has 0 spiro atoms. The number of halogens is 1. The van der Waals surface area contributed by atoms with Crippen LogP contribution in [0.25, 0.3) is 0 Å². The van der Waals surface area contributed by atoms with Gasteiger partial charge in [-0.3, -0.25) is 9.59 Å². The number of ether oxygens (including phenoxy) is 2. The van der Waals surface area contributed by atoms with E-state index >= 15 is 0 Å². The van der Waals surface area contributed by atoms with Gasteiger partial charge in [0.1, 0.15) is 5.75 Å². The van der Waals surface area contributed by atoms with Gasteiger partial charge in [0, 0.05) is 37.7 Å². The summed E-state index contributed by atoms with van der Waals surface area (Å²) in [6.45, 7) is 3.87. The normalized spacial score (nSPS) is 18.5. The minimum absolute atomic E-state index is 0. The summed E-state index contributed by atoms with van der Waals surface area (Å²) in [6.07, 6.45) is 3.48. The zero-order valence-corrected chi connectivity index (χ0v) is 17.2. The van der Waals surface area contributed by atoms with Crippen molar-refractivity contribution < 1.29 is 19.1 Å². The fourth-order valence-corrected chi connectivity index (χ4v) is 3.76. The molecule has 7 nitrogen and oxygen atoms in total. The maximum atomic E-state index is 12.2. The van der Waals surface area contributed by atoms with E-state index in [1.54, 1.807) is 24.1 Å². The maximum Gasteiger partial charge on any atom is 0.257 e. The molecular weight excluding hydrogens is 382 g/mol. The van der Waals surface area contributed by atoms with E-state index in [9.17, 15) is 9.59 Å². The average Bonchev–Trinajstić information content (AvgIpc) is 3.12. The van der Waals surface area contributed by atoms with Crippen molar-refractivity contribution in [3.8, 4) is 5.75 Å². The number of nitrogens with zero attached hydrogens (tertiary/aromatic N) is 1. The zero-order chi connectivity index (χ0) is 19.1. The Hall–Kier alpha value is -1.83. The molecule has 0 aromatic heterocycles. The van der Waals surface area contributed by atoms with Gasteiger partial charge >= 0.3 is 0 Å². The quantitative estimate of drug-likeness (QED) is 0.681. The molecule has 1 aromatic carbocycles. The summed E-state index contributed by atoms with van der Waals surface area (Å²) in [4.78, 5) is 25.7. The molecule has 156 valence electrons. The molecule has 0 atom stereocenters. The summed E-state index contributed by atoms with van der Waals surface area (Å²) in [5.41, 5.74) is 0.876. The lowest BCUT2D eigenvalue weighted by atomic mass is 9.79. The van der Waals surface area contributed by atoms with Gasteiger partial charge in [-0.25, -0.2) is 0 Å². The lowest BCUT2D eigenvalue weighted by molar-refractivity contribution is -0.124. The van der Waals surface area contributed by atoms with Gasteiger partial charge in [-0.05, 0) is 56.6 Å². The van der Waals surface area contributed by atoms with Crippen molar-refractivity contribution in [1.29, 1.82) is 0 Å². The van der Waals surface area contributed by atoms with Crippen LogP contribution < -0.4 is 20.3 Å². The van der Waals surface area contributed by atoms with Crippen LogP contribution in [-0.4, -0.2) is 58.3 Å². The third kappa shape index (κ3) is 5.83. The summed E-state index contributed by atoms with van der Waals surface area (Å²) in [6, 6.07) is 7.32. The van der Waals surface area contributed by atoms with Gasteiger partial charge in [0.2, 0.25) is 5.91 Å². The highest BCUT2D eigenvalue weighted by molar-refractivity contribution is 5.95. The Bertz CT molecular complexity index is 642. The Morgan fingerprint density at radius 2 is 1.96 bits per heavy atom. The van der Waals surface area contributed by atoms with Crippen LogP contribution in [0, 0.1) is 5.41 Å². The molecule has 1 aromatic rings. The number of benzene rings is 1. The molecule has 0 saturated carbocycles. The van der Waals surface area contributed by atoms with Crippen LogP contribution in [0.15, 0.2) is 24.3 Å². The van der Waals surface area contributed by atoms with Crippen LogP contribution in [0.1, 0.15) is 25.7 Å². The van der Waals surface area contributed by atoms with Crippen molar-refractivity contribution in [3.63, 3.8) is 0 Å². The predicted octanol–water partition coefficient (Wildman–Crippen LogP) is 1.75. The first-order valence-corrected chi connectivity index (χ1v) is 9.61. The minimum Gasteiger partial charge on any atom is -0.484 e. The molecule has 8 heteroatoms. The molecule has 0 unspecified atom stereocenters. The van der Waals surface area contributed by atoms with Crippen molar-refractivity contribution in [1.82, 2.24) is 10.6 Å². The molecule has 3 rings (SSSR count). The second kappa shape index (κ2) is 10.6. The monoisotopic (exact) mass is 411 g/mol. The molecule has 2 aliphatic heterocycles. The van der Waals surface area contributed by atoms with E-state index < -0.39 is 0 Å². The SMILES string of the molecule is COCC1(CNC(=O)COc2ccc(N3CCCC3=O)cc2)CCNCC1.Cl. The molecule has 2 aliphatic rings. The topological polar surface area (TPSA) is 79.9 Å². The Labute approximate surface area is 172 Å². The van der Waals surface area contributed by atoms with Gasteiger partial charge < -0.3 is 25.0 Å². The first-order valence-electron chi connectivity index (χ1n) is 9.61. The lowest BCUT2D eigenvalue weighted by Gasteiger charge is -2.37. The third-order valence-electron chi connectivity index (χ3n) is 5.37. The average molecular weight is 412 g/mol. The van der Waals surface area contributed by atoms with Gasteiger partial charge in [-0.2, -0.15) is 0 Å². The summed E-state index contributed by atoms with van der Waals surface area (Å²) in [5, 5.41) is 6.33. The Kier molecular flexibility index (Phi) is 8.54. The smallest absolute Gasteiger partial charge is 0.257 e. The number of hydrogen-bond acceptors (Lipinski definition) is 5. The molecule has 2 N–H and O–H groups in total. The number of amides is 2. The molecule has 28 heavy (non-hydrogen) atoms. The number of anilines is 1. The highest BCUT2D eigenvalue weighted by Crippen LogP contribution is 2.28. The molecule has 2 fully saturated rings. The molecule has 2 heterocycles. The second-order valence-corrected chi connectivity index (χ2v) is 7.39. The molecular formula is C20H30ClN3O4. The number of rotatable bonds is 8. The van der Waals surface area contributed by atoms with Crippen molar-refractivity contribution in [2.24, 2.45) is 5.41 Å². The van der Waals surface area contributed by atoms with Crippen molar-refractivity contribution >= 4 is 29.9 Å². The number of piperidine rings is 1. The molecule has 0 radical (unpaired) electrons. The van der Waals surface area contributed by atoms with Gasteiger partial charge in [-0.15, -0.1) is 12.4 Å². The molecule has 0 aliphatic carbocycles. The summed E-state index contributed by atoms with van der Waals surface area (Å²) in [5.74, 6) is 0.641. The van der Waals surface area contributed by atoms with Crippen molar-refractivity contribution in [2.45, 2.75) is 25.7 Å². The van der Waals surface area contributed by atoms with Crippen LogP contribution in [0.4, 0.5) is 5.69 Å². The summed E-state index contributed by atoms with van der Waals surface area (Å²) >= 11 is 0. The fourth-order valence-electron chi connectivity index (χ4n) is 3.76. The number of hydrogen-bond donors (Lipinski definition) is 2. The van der Waals surface area contributed by atoms with Crippen LogP contribution in [0.2, 0.25) is 0 Å². The number of carbonyl (C=O) groups excluding carboxylic acids is 2. The third-order valence-corrected chi connectivity index (χ3v) is 5.37. The van der Waals surface area contributed by atoms with Gasteiger partial charge in [0.05, 0.1) is 6.61 Å². The molecule has 0 bridgehead atoms. The lowest BCUT2D eigenvalue weighted by Crippen LogP contribution is -2.47. The van der Waals surface area contributed by atoms with E-state index in [-0.39, 0.29) is 36.2 Å². The predicted molar refractivity (Wildman–Crippen MR) is 110 cm³/mol. The van der Waals surface area contributed by atoms with Crippen molar-refractivity contribution in [2.75, 3.05) is 51.4 Å². The minimum atomic E-state index is -0.136. The summed E-state index contributed by atoms with van der Waals surface area (Å²) < 4.78 is 11.0. The maximum absolute atomic E-state index is 12.2.